The maximum absolute atomic E-state index is 8.74. The predicted molar refractivity (Wildman–Crippen MR) is 56.8 cm³/mol. The van der Waals surface area contributed by atoms with E-state index in [1.54, 1.807) is 0 Å². The topological polar surface area (TPSA) is 147 Å². The number of rotatable bonds is 6. The van der Waals surface area contributed by atoms with Crippen molar-refractivity contribution in [3.05, 3.63) is 0 Å². The molecule has 0 bridgehead atoms. The van der Waals surface area contributed by atoms with Crippen molar-refractivity contribution in [3.8, 4) is 0 Å². The van der Waals surface area contributed by atoms with Gasteiger partial charge in [0.25, 0.3) is 0 Å². The Hall–Kier alpha value is -0.250. The molecule has 0 aliphatic carbocycles. The summed E-state index contributed by atoms with van der Waals surface area (Å²) in [5.74, 6) is 0. The van der Waals surface area contributed by atoms with Gasteiger partial charge in [-0.2, -0.15) is 8.42 Å². The zero-order valence-corrected chi connectivity index (χ0v) is 9.36. The minimum absolute atomic E-state index is 0.232. The lowest BCUT2D eigenvalue weighted by Crippen LogP contribution is -2.21. The van der Waals surface area contributed by atoms with Gasteiger partial charge in [0.2, 0.25) is 0 Å². The fraction of sp³-hybridized carbons (Fsp3) is 1.00. The highest BCUT2D eigenvalue weighted by molar-refractivity contribution is 7.79. The molecule has 0 saturated heterocycles. The molecular weight excluding hydrogens is 224 g/mol. The molecule has 0 aliphatic heterocycles. The lowest BCUT2D eigenvalue weighted by molar-refractivity contribution is 0.278. The molecule has 0 fully saturated rings. The first kappa shape index (κ1) is 17.2. The standard InChI is InChI=1S/C7H18N2O.H2O4S/c8-5-1-3-7(9)4-2-6-10;1-5(2,3)4/h7,10H,1-6,8-9H2;(H2,1,2,3,4). The van der Waals surface area contributed by atoms with E-state index >= 15 is 0 Å². The Balaban J connectivity index is 0. The van der Waals surface area contributed by atoms with Gasteiger partial charge >= 0.3 is 10.4 Å². The van der Waals surface area contributed by atoms with Gasteiger partial charge in [-0.15, -0.1) is 0 Å². The van der Waals surface area contributed by atoms with Gasteiger partial charge in [0.05, 0.1) is 0 Å². The van der Waals surface area contributed by atoms with E-state index in [-0.39, 0.29) is 12.6 Å². The summed E-state index contributed by atoms with van der Waals surface area (Å²) < 4.78 is 31.6. The van der Waals surface area contributed by atoms with Crippen molar-refractivity contribution in [2.75, 3.05) is 13.2 Å². The van der Waals surface area contributed by atoms with Gasteiger partial charge in [-0.25, -0.2) is 0 Å². The van der Waals surface area contributed by atoms with E-state index in [1.807, 2.05) is 0 Å². The Morgan fingerprint density at radius 2 is 1.53 bits per heavy atom. The maximum Gasteiger partial charge on any atom is 0.394 e. The number of aliphatic hydroxyl groups excluding tert-OH is 1. The van der Waals surface area contributed by atoms with Gasteiger partial charge in [0.1, 0.15) is 0 Å². The summed E-state index contributed by atoms with van der Waals surface area (Å²) in [4.78, 5) is 0. The van der Waals surface area contributed by atoms with E-state index in [4.69, 9.17) is 34.1 Å². The van der Waals surface area contributed by atoms with Crippen molar-refractivity contribution in [3.63, 3.8) is 0 Å². The lowest BCUT2D eigenvalue weighted by atomic mass is 10.1. The molecule has 1 unspecified atom stereocenters. The zero-order chi connectivity index (χ0) is 12.3. The summed E-state index contributed by atoms with van der Waals surface area (Å²) in [6.07, 6.45) is 3.70. The number of nitrogens with two attached hydrogens (primary N) is 2. The molecule has 0 radical (unpaired) electrons. The van der Waals surface area contributed by atoms with Crippen LogP contribution in [0.4, 0.5) is 0 Å². The van der Waals surface area contributed by atoms with E-state index in [0.29, 0.717) is 6.54 Å². The first-order valence-electron chi connectivity index (χ1n) is 4.57. The normalized spacial score (nSPS) is 12.9. The molecule has 1 atom stereocenters. The average Bonchev–Trinajstić information content (AvgIpc) is 2.08. The van der Waals surface area contributed by atoms with Crippen molar-refractivity contribution in [1.29, 1.82) is 0 Å². The van der Waals surface area contributed by atoms with Crippen LogP contribution in [0, 0.1) is 0 Å². The van der Waals surface area contributed by atoms with E-state index in [1.165, 1.54) is 0 Å². The molecule has 0 aromatic carbocycles. The Kier molecular flexibility index (Phi) is 11.7. The molecule has 7 N–H and O–H groups in total. The number of hydrogen-bond acceptors (Lipinski definition) is 5. The summed E-state index contributed by atoms with van der Waals surface area (Å²) in [6.45, 7) is 0.961. The van der Waals surface area contributed by atoms with Gasteiger partial charge < -0.3 is 16.6 Å². The third-order valence-corrected chi connectivity index (χ3v) is 1.51. The Morgan fingerprint density at radius 1 is 1.13 bits per heavy atom. The van der Waals surface area contributed by atoms with Crippen LogP contribution < -0.4 is 11.5 Å². The summed E-state index contributed by atoms with van der Waals surface area (Å²) >= 11 is 0. The van der Waals surface area contributed by atoms with Crippen LogP contribution in [0.25, 0.3) is 0 Å². The zero-order valence-electron chi connectivity index (χ0n) is 8.54. The second-order valence-electron chi connectivity index (χ2n) is 3.00. The van der Waals surface area contributed by atoms with Crippen molar-refractivity contribution in [2.24, 2.45) is 11.5 Å². The molecule has 0 spiro atoms. The minimum atomic E-state index is -4.67. The Labute approximate surface area is 90.0 Å². The van der Waals surface area contributed by atoms with Crippen LogP contribution in [-0.2, 0) is 10.4 Å². The predicted octanol–water partition coefficient (Wildman–Crippen LogP) is -0.828. The van der Waals surface area contributed by atoms with Gasteiger partial charge in [0, 0.05) is 12.6 Å². The molecule has 0 rings (SSSR count). The SMILES string of the molecule is NCCCC(N)CCCO.O=S(=O)(O)O. The van der Waals surface area contributed by atoms with Crippen molar-refractivity contribution in [2.45, 2.75) is 31.7 Å². The second-order valence-corrected chi connectivity index (χ2v) is 3.90. The molecule has 0 heterocycles. The van der Waals surface area contributed by atoms with E-state index in [0.717, 1.165) is 25.7 Å². The fourth-order valence-corrected chi connectivity index (χ4v) is 0.878. The van der Waals surface area contributed by atoms with Crippen molar-refractivity contribution >= 4 is 10.4 Å². The second kappa shape index (κ2) is 10.3. The van der Waals surface area contributed by atoms with E-state index in [2.05, 4.69) is 0 Å². The molecule has 0 aromatic rings. The minimum Gasteiger partial charge on any atom is -0.396 e. The van der Waals surface area contributed by atoms with Crippen LogP contribution in [0.2, 0.25) is 0 Å². The highest BCUT2D eigenvalue weighted by atomic mass is 32.3. The summed E-state index contributed by atoms with van der Waals surface area (Å²) in [5.41, 5.74) is 11.0. The van der Waals surface area contributed by atoms with Crippen LogP contribution >= 0.6 is 0 Å². The van der Waals surface area contributed by atoms with Gasteiger partial charge in [-0.1, -0.05) is 0 Å². The highest BCUT2D eigenvalue weighted by Crippen LogP contribution is 2.00. The molecule has 0 saturated carbocycles. The molecule has 0 aliphatic rings. The monoisotopic (exact) mass is 244 g/mol. The van der Waals surface area contributed by atoms with Crippen molar-refractivity contribution in [1.82, 2.24) is 0 Å². The van der Waals surface area contributed by atoms with Crippen LogP contribution in [0.1, 0.15) is 25.7 Å². The smallest absolute Gasteiger partial charge is 0.394 e. The maximum atomic E-state index is 8.74. The Bertz CT molecular complexity index is 203. The third kappa shape index (κ3) is 31.6. The molecule has 0 aromatic heterocycles. The van der Waals surface area contributed by atoms with Gasteiger partial charge in [-0.3, -0.25) is 9.11 Å². The van der Waals surface area contributed by atoms with Gasteiger partial charge in [-0.05, 0) is 32.2 Å². The molecule has 8 heteroatoms. The van der Waals surface area contributed by atoms with Gasteiger partial charge in [0.15, 0.2) is 0 Å². The van der Waals surface area contributed by atoms with Crippen LogP contribution in [0.15, 0.2) is 0 Å². The summed E-state index contributed by atoms with van der Waals surface area (Å²) in [7, 11) is -4.67. The van der Waals surface area contributed by atoms with E-state index < -0.39 is 10.4 Å². The average molecular weight is 244 g/mol. The fourth-order valence-electron chi connectivity index (χ4n) is 0.878. The first-order valence-corrected chi connectivity index (χ1v) is 5.97. The number of hydrogen-bond donors (Lipinski definition) is 5. The van der Waals surface area contributed by atoms with Crippen LogP contribution in [0.3, 0.4) is 0 Å². The summed E-state index contributed by atoms with van der Waals surface area (Å²) in [5, 5.41) is 8.46. The highest BCUT2D eigenvalue weighted by Gasteiger charge is 1.99. The lowest BCUT2D eigenvalue weighted by Gasteiger charge is -2.08. The molecule has 94 valence electrons. The Morgan fingerprint density at radius 3 is 1.87 bits per heavy atom. The number of aliphatic hydroxyl groups is 1. The largest absolute Gasteiger partial charge is 0.396 e. The van der Waals surface area contributed by atoms with Crippen molar-refractivity contribution < 1.29 is 22.6 Å². The van der Waals surface area contributed by atoms with Crippen LogP contribution in [0.5, 0.6) is 0 Å². The molecule has 0 amide bonds. The molecular formula is C7H20N2O5S. The van der Waals surface area contributed by atoms with E-state index in [9.17, 15) is 0 Å². The van der Waals surface area contributed by atoms with Crippen LogP contribution in [-0.4, -0.2) is 41.8 Å². The third-order valence-electron chi connectivity index (χ3n) is 1.51. The quantitative estimate of drug-likeness (QED) is 0.383. The summed E-state index contributed by atoms with van der Waals surface area (Å²) in [6, 6.07) is 0.232. The molecule has 7 nitrogen and oxygen atoms in total. The first-order chi connectivity index (χ1) is 6.81. The molecule has 15 heavy (non-hydrogen) atoms.